The molecule has 0 spiro atoms. The Bertz CT molecular complexity index is 1060. The molecule has 28 heavy (non-hydrogen) atoms. The van der Waals surface area contributed by atoms with Crippen molar-refractivity contribution < 1.29 is 23.9 Å². The average Bonchev–Trinajstić information content (AvgIpc) is 3.55. The van der Waals surface area contributed by atoms with E-state index in [2.05, 4.69) is 4.90 Å². The minimum atomic E-state index is -1.09. The molecule has 3 heterocycles. The normalized spacial score (nSPS) is 28.8. The van der Waals surface area contributed by atoms with Gasteiger partial charge in [0.2, 0.25) is 0 Å². The first kappa shape index (κ1) is 17.3. The minimum Gasteiger partial charge on any atom is -0.464 e. The Morgan fingerprint density at radius 1 is 1.14 bits per heavy atom. The van der Waals surface area contributed by atoms with Crippen molar-refractivity contribution in [2.45, 2.75) is 38.8 Å². The summed E-state index contributed by atoms with van der Waals surface area (Å²) in [6.07, 6.45) is 0.406. The third-order valence-electron chi connectivity index (χ3n) is 6.55. The maximum Gasteiger partial charge on any atom is 0.342 e. The molecule has 0 amide bonds. The molecule has 146 valence electrons. The number of hydrogen-bond acceptors (Lipinski definition) is 6. The summed E-state index contributed by atoms with van der Waals surface area (Å²) in [6.45, 7) is 6.23. The molecule has 0 bridgehead atoms. The minimum absolute atomic E-state index is 0.00540. The molecule has 7 nitrogen and oxygen atoms in total. The third kappa shape index (κ3) is 1.73. The van der Waals surface area contributed by atoms with Gasteiger partial charge < -0.3 is 18.9 Å². The fraction of sp³-hybridized carbons (Fsp3) is 0.476. The molecule has 1 aromatic carbocycles. The van der Waals surface area contributed by atoms with Gasteiger partial charge in [0.1, 0.15) is 17.2 Å². The SMILES string of the molecule is CCOC(=O)c1c2n(c3ccccc13)[C@]1(C(=O)OCC)C[C@]1(C(C)=O)[C@@H]1CN21. The zero-order valence-electron chi connectivity index (χ0n) is 16.2. The highest BCUT2D eigenvalue weighted by Gasteiger charge is 2.86. The van der Waals surface area contributed by atoms with Gasteiger partial charge >= 0.3 is 11.9 Å². The van der Waals surface area contributed by atoms with Crippen LogP contribution in [0.2, 0.25) is 0 Å². The van der Waals surface area contributed by atoms with Crippen LogP contribution in [0.15, 0.2) is 24.3 Å². The lowest BCUT2D eigenvalue weighted by Gasteiger charge is -2.31. The predicted octanol–water partition coefficient (Wildman–Crippen LogP) is 2.26. The predicted molar refractivity (Wildman–Crippen MR) is 101 cm³/mol. The summed E-state index contributed by atoms with van der Waals surface area (Å²) in [7, 11) is 0. The summed E-state index contributed by atoms with van der Waals surface area (Å²) in [6, 6.07) is 7.39. The maximum absolute atomic E-state index is 13.2. The van der Waals surface area contributed by atoms with E-state index in [4.69, 9.17) is 9.47 Å². The first-order valence-corrected chi connectivity index (χ1v) is 9.71. The Morgan fingerprint density at radius 3 is 2.54 bits per heavy atom. The van der Waals surface area contributed by atoms with Crippen molar-refractivity contribution in [3.63, 3.8) is 0 Å². The van der Waals surface area contributed by atoms with E-state index in [1.54, 1.807) is 20.8 Å². The zero-order chi connectivity index (χ0) is 19.8. The quantitative estimate of drug-likeness (QED) is 0.583. The number of hydrogen-bond donors (Lipinski definition) is 0. The molecule has 7 heteroatoms. The van der Waals surface area contributed by atoms with E-state index in [1.165, 1.54) is 0 Å². The van der Waals surface area contributed by atoms with Crippen molar-refractivity contribution in [1.82, 2.24) is 4.57 Å². The number of rotatable bonds is 5. The summed E-state index contributed by atoms with van der Waals surface area (Å²) in [5, 5.41) is 0.733. The molecule has 1 aliphatic carbocycles. The Morgan fingerprint density at radius 2 is 1.86 bits per heavy atom. The number of ketones is 1. The van der Waals surface area contributed by atoms with Crippen LogP contribution in [0.25, 0.3) is 10.9 Å². The van der Waals surface area contributed by atoms with Crippen LogP contribution in [-0.4, -0.2) is 48.1 Å². The highest BCUT2D eigenvalue weighted by atomic mass is 16.5. The molecule has 2 aliphatic heterocycles. The fourth-order valence-electron chi connectivity index (χ4n) is 5.36. The molecule has 1 saturated heterocycles. The molecule has 0 N–H and O–H groups in total. The number of ether oxygens (including phenoxy) is 2. The number of Topliss-reactive ketones (excluding diaryl/α,β-unsaturated/α-hetero) is 1. The molecule has 0 radical (unpaired) electrons. The molecular weight excluding hydrogens is 360 g/mol. The molecule has 5 rings (SSSR count). The zero-order valence-corrected chi connectivity index (χ0v) is 16.2. The topological polar surface area (TPSA) is 77.6 Å². The van der Waals surface area contributed by atoms with Gasteiger partial charge in [-0.15, -0.1) is 0 Å². The molecule has 1 aromatic heterocycles. The summed E-state index contributed by atoms with van der Waals surface area (Å²) >= 11 is 0. The lowest BCUT2D eigenvalue weighted by Crippen LogP contribution is -2.45. The van der Waals surface area contributed by atoms with Crippen molar-refractivity contribution in [3.05, 3.63) is 29.8 Å². The molecule has 3 atom stereocenters. The van der Waals surface area contributed by atoms with Crippen LogP contribution in [0.1, 0.15) is 37.6 Å². The van der Waals surface area contributed by atoms with Gasteiger partial charge in [-0.05, 0) is 26.8 Å². The van der Waals surface area contributed by atoms with Crippen molar-refractivity contribution >= 4 is 34.4 Å². The largest absolute Gasteiger partial charge is 0.464 e. The monoisotopic (exact) mass is 382 g/mol. The van der Waals surface area contributed by atoms with Crippen LogP contribution in [-0.2, 0) is 24.6 Å². The molecular formula is C21H22N2O5. The highest BCUT2D eigenvalue weighted by molar-refractivity contribution is 6.14. The summed E-state index contributed by atoms with van der Waals surface area (Å²) < 4.78 is 12.7. The Hall–Kier alpha value is -2.83. The second-order valence-electron chi connectivity index (χ2n) is 7.72. The van der Waals surface area contributed by atoms with Gasteiger partial charge in [-0.1, -0.05) is 18.2 Å². The van der Waals surface area contributed by atoms with E-state index < -0.39 is 22.9 Å². The molecule has 3 aliphatic rings. The van der Waals surface area contributed by atoms with Gasteiger partial charge in [0, 0.05) is 18.4 Å². The van der Waals surface area contributed by atoms with Crippen LogP contribution >= 0.6 is 0 Å². The van der Waals surface area contributed by atoms with E-state index in [-0.39, 0.29) is 25.0 Å². The maximum atomic E-state index is 13.2. The van der Waals surface area contributed by atoms with Crippen molar-refractivity contribution in [2.24, 2.45) is 5.41 Å². The number of fused-ring (bicyclic) bond motifs is 8. The molecule has 2 aromatic rings. The first-order chi connectivity index (χ1) is 13.5. The Labute approximate surface area is 162 Å². The van der Waals surface area contributed by atoms with Crippen LogP contribution < -0.4 is 4.90 Å². The Kier molecular flexibility index (Phi) is 3.31. The number of esters is 2. The van der Waals surface area contributed by atoms with E-state index in [9.17, 15) is 14.4 Å². The molecule has 0 unspecified atom stereocenters. The van der Waals surface area contributed by atoms with Crippen LogP contribution in [0.3, 0.4) is 0 Å². The van der Waals surface area contributed by atoms with Crippen LogP contribution in [0, 0.1) is 5.41 Å². The first-order valence-electron chi connectivity index (χ1n) is 9.71. The summed E-state index contributed by atoms with van der Waals surface area (Å²) in [5.41, 5.74) is -0.665. The van der Waals surface area contributed by atoms with E-state index in [0.717, 1.165) is 10.9 Å². The van der Waals surface area contributed by atoms with Crippen LogP contribution in [0.5, 0.6) is 0 Å². The van der Waals surface area contributed by atoms with Gasteiger partial charge in [0.15, 0.2) is 5.54 Å². The number of anilines is 1. The number of aromatic nitrogens is 1. The van der Waals surface area contributed by atoms with E-state index in [0.29, 0.717) is 24.3 Å². The fourth-order valence-corrected chi connectivity index (χ4v) is 5.36. The van der Waals surface area contributed by atoms with Crippen molar-refractivity contribution in [3.8, 4) is 0 Å². The second kappa shape index (κ2) is 5.37. The number of para-hydroxylation sites is 1. The second-order valence-corrected chi connectivity index (χ2v) is 7.72. The standard InChI is InChI=1S/C21H22N2O5/c1-4-27-18(25)16-13-8-6-7-9-14(13)23-17(16)22-10-15(22)20(12(3)24)11-21(20,23)19(26)28-5-2/h6-9,15H,4-5,10-11H2,1-3H3/t15-,20-,21-,22?/m0/s1. The van der Waals surface area contributed by atoms with Gasteiger partial charge in [-0.2, -0.15) is 0 Å². The van der Waals surface area contributed by atoms with Gasteiger partial charge in [0.25, 0.3) is 0 Å². The highest BCUT2D eigenvalue weighted by Crippen LogP contribution is 2.74. The number of carbonyl (C=O) groups is 3. The lowest BCUT2D eigenvalue weighted by atomic mass is 9.89. The van der Waals surface area contributed by atoms with Crippen LogP contribution in [0.4, 0.5) is 5.82 Å². The smallest absolute Gasteiger partial charge is 0.342 e. The number of carbonyl (C=O) groups excluding carboxylic acids is 3. The van der Waals surface area contributed by atoms with E-state index >= 15 is 0 Å². The number of nitrogens with zero attached hydrogens (tertiary/aromatic N) is 2. The Balaban J connectivity index is 1.84. The lowest BCUT2D eigenvalue weighted by molar-refractivity contribution is -0.152. The summed E-state index contributed by atoms with van der Waals surface area (Å²) in [5.74, 6) is -0.136. The van der Waals surface area contributed by atoms with Gasteiger partial charge in [-0.25, -0.2) is 9.59 Å². The van der Waals surface area contributed by atoms with E-state index in [1.807, 2.05) is 28.8 Å². The van der Waals surface area contributed by atoms with Gasteiger partial charge in [-0.3, -0.25) is 4.79 Å². The average molecular weight is 382 g/mol. The molecule has 1 saturated carbocycles. The molecule has 2 fully saturated rings. The van der Waals surface area contributed by atoms with Crippen molar-refractivity contribution in [1.29, 1.82) is 0 Å². The van der Waals surface area contributed by atoms with Gasteiger partial charge in [0.05, 0.1) is 30.2 Å². The number of benzene rings is 1. The third-order valence-corrected chi connectivity index (χ3v) is 6.55. The summed E-state index contributed by atoms with van der Waals surface area (Å²) in [4.78, 5) is 40.9. The van der Waals surface area contributed by atoms with Crippen molar-refractivity contribution in [2.75, 3.05) is 24.7 Å².